The van der Waals surface area contributed by atoms with Gasteiger partial charge in [-0.05, 0) is 38.1 Å². The molecule has 0 fully saturated rings. The summed E-state index contributed by atoms with van der Waals surface area (Å²) < 4.78 is 5.57. The highest BCUT2D eigenvalue weighted by Gasteiger charge is 1.98. The lowest BCUT2D eigenvalue weighted by atomic mass is 10.3. The summed E-state index contributed by atoms with van der Waals surface area (Å²) in [6.07, 6.45) is 3.49. The number of halogens is 1. The molecule has 1 rings (SSSR count). The van der Waals surface area contributed by atoms with Crippen molar-refractivity contribution >= 4 is 11.6 Å². The van der Waals surface area contributed by atoms with Crippen LogP contribution in [-0.2, 0) is 0 Å². The van der Waals surface area contributed by atoms with E-state index < -0.39 is 0 Å². The Labute approximate surface area is 103 Å². The molecule has 0 aliphatic heterocycles. The number of ether oxygens (including phenoxy) is 1. The number of nitrogens with one attached hydrogen (secondary N) is 1. The molecule has 0 amide bonds. The Bertz CT molecular complexity index is 291. The maximum absolute atomic E-state index is 5.96. The molecule has 3 heteroatoms. The fourth-order valence-corrected chi connectivity index (χ4v) is 1.56. The summed E-state index contributed by atoms with van der Waals surface area (Å²) in [6, 6.07) is 7.57. The highest BCUT2D eigenvalue weighted by Crippen LogP contribution is 2.22. The highest BCUT2D eigenvalue weighted by molar-refractivity contribution is 6.32. The van der Waals surface area contributed by atoms with Gasteiger partial charge in [0.05, 0.1) is 11.6 Å². The van der Waals surface area contributed by atoms with Gasteiger partial charge in [0.25, 0.3) is 0 Å². The Hall–Kier alpha value is -0.730. The first kappa shape index (κ1) is 13.3. The van der Waals surface area contributed by atoms with E-state index in [1.807, 2.05) is 24.3 Å². The lowest BCUT2D eigenvalue weighted by molar-refractivity contribution is 0.308. The number of para-hydroxylation sites is 1. The van der Waals surface area contributed by atoms with Crippen molar-refractivity contribution in [3.05, 3.63) is 29.3 Å². The number of benzene rings is 1. The van der Waals surface area contributed by atoms with Gasteiger partial charge in [-0.1, -0.05) is 37.1 Å². The summed E-state index contributed by atoms with van der Waals surface area (Å²) in [4.78, 5) is 0. The first-order valence-corrected chi connectivity index (χ1v) is 6.30. The largest absolute Gasteiger partial charge is 0.492 e. The quantitative estimate of drug-likeness (QED) is 0.704. The predicted molar refractivity (Wildman–Crippen MR) is 69.3 cm³/mol. The van der Waals surface area contributed by atoms with E-state index in [1.165, 1.54) is 12.8 Å². The minimum Gasteiger partial charge on any atom is -0.492 e. The minimum atomic E-state index is 0.682. The van der Waals surface area contributed by atoms with E-state index in [0.717, 1.165) is 25.3 Å². The second kappa shape index (κ2) is 8.43. The van der Waals surface area contributed by atoms with Crippen LogP contribution in [0.1, 0.15) is 26.2 Å². The molecule has 0 heterocycles. The third kappa shape index (κ3) is 5.38. The molecular formula is C13H20ClNO. The van der Waals surface area contributed by atoms with Crippen molar-refractivity contribution in [1.29, 1.82) is 0 Å². The van der Waals surface area contributed by atoms with E-state index in [4.69, 9.17) is 16.3 Å². The molecule has 0 aromatic heterocycles. The molecule has 0 atom stereocenters. The monoisotopic (exact) mass is 241 g/mol. The van der Waals surface area contributed by atoms with E-state index in [2.05, 4.69) is 12.2 Å². The highest BCUT2D eigenvalue weighted by atomic mass is 35.5. The topological polar surface area (TPSA) is 21.3 Å². The van der Waals surface area contributed by atoms with Crippen LogP contribution in [0.4, 0.5) is 0 Å². The maximum Gasteiger partial charge on any atom is 0.137 e. The first-order valence-electron chi connectivity index (χ1n) is 5.92. The zero-order valence-corrected chi connectivity index (χ0v) is 10.6. The zero-order valence-electron chi connectivity index (χ0n) is 9.84. The van der Waals surface area contributed by atoms with E-state index >= 15 is 0 Å². The smallest absolute Gasteiger partial charge is 0.137 e. The van der Waals surface area contributed by atoms with Crippen LogP contribution in [0.15, 0.2) is 24.3 Å². The zero-order chi connectivity index (χ0) is 11.6. The Morgan fingerprint density at radius 3 is 2.69 bits per heavy atom. The number of rotatable bonds is 8. The lowest BCUT2D eigenvalue weighted by Crippen LogP contribution is -2.18. The van der Waals surface area contributed by atoms with Crippen LogP contribution < -0.4 is 10.1 Å². The molecule has 0 spiro atoms. The van der Waals surface area contributed by atoms with Crippen molar-refractivity contribution in [1.82, 2.24) is 5.32 Å². The Balaban J connectivity index is 2.05. The fourth-order valence-electron chi connectivity index (χ4n) is 1.37. The summed E-state index contributed by atoms with van der Waals surface area (Å²) in [5.41, 5.74) is 0. The van der Waals surface area contributed by atoms with Gasteiger partial charge in [0.1, 0.15) is 5.75 Å². The van der Waals surface area contributed by atoms with Gasteiger partial charge in [0.2, 0.25) is 0 Å². The molecule has 0 radical (unpaired) electrons. The molecule has 2 nitrogen and oxygen atoms in total. The van der Waals surface area contributed by atoms with Crippen LogP contribution in [0.5, 0.6) is 5.75 Å². The third-order valence-electron chi connectivity index (χ3n) is 2.30. The molecular weight excluding hydrogens is 222 g/mol. The van der Waals surface area contributed by atoms with Gasteiger partial charge < -0.3 is 10.1 Å². The van der Waals surface area contributed by atoms with Crippen LogP contribution >= 0.6 is 11.6 Å². The molecule has 0 saturated carbocycles. The van der Waals surface area contributed by atoms with Gasteiger partial charge in [-0.2, -0.15) is 0 Å². The molecule has 1 aromatic rings. The van der Waals surface area contributed by atoms with E-state index in [0.29, 0.717) is 11.6 Å². The molecule has 1 aromatic carbocycles. The molecule has 0 saturated heterocycles. The third-order valence-corrected chi connectivity index (χ3v) is 2.61. The van der Waals surface area contributed by atoms with Crippen molar-refractivity contribution in [2.45, 2.75) is 26.2 Å². The van der Waals surface area contributed by atoms with Crippen molar-refractivity contribution < 1.29 is 4.74 Å². The Kier molecular flexibility index (Phi) is 7.02. The molecule has 90 valence electrons. The summed E-state index contributed by atoms with van der Waals surface area (Å²) in [5.74, 6) is 0.776. The molecule has 1 N–H and O–H groups in total. The van der Waals surface area contributed by atoms with E-state index in [9.17, 15) is 0 Å². The van der Waals surface area contributed by atoms with Crippen molar-refractivity contribution in [2.24, 2.45) is 0 Å². The molecule has 0 bridgehead atoms. The van der Waals surface area contributed by atoms with Gasteiger partial charge in [-0.25, -0.2) is 0 Å². The standard InChI is InChI=1S/C13H20ClNO/c1-2-3-9-15-10-6-11-16-13-8-5-4-7-12(13)14/h4-5,7-8,15H,2-3,6,9-11H2,1H3. The summed E-state index contributed by atoms with van der Waals surface area (Å²) >= 11 is 5.96. The first-order chi connectivity index (χ1) is 7.84. The van der Waals surface area contributed by atoms with Crippen LogP contribution in [0.2, 0.25) is 5.02 Å². The number of hydrogen-bond donors (Lipinski definition) is 1. The van der Waals surface area contributed by atoms with Crippen LogP contribution in [0.3, 0.4) is 0 Å². The minimum absolute atomic E-state index is 0.682. The van der Waals surface area contributed by atoms with Gasteiger partial charge in [0.15, 0.2) is 0 Å². The second-order valence-electron chi connectivity index (χ2n) is 3.74. The van der Waals surface area contributed by atoms with Crippen LogP contribution in [-0.4, -0.2) is 19.7 Å². The Morgan fingerprint density at radius 1 is 1.19 bits per heavy atom. The van der Waals surface area contributed by atoms with Crippen molar-refractivity contribution in [3.63, 3.8) is 0 Å². The average molecular weight is 242 g/mol. The SMILES string of the molecule is CCCCNCCCOc1ccccc1Cl. The summed E-state index contributed by atoms with van der Waals surface area (Å²) in [7, 11) is 0. The predicted octanol–water partition coefficient (Wildman–Crippen LogP) is 3.50. The molecule has 16 heavy (non-hydrogen) atoms. The van der Waals surface area contributed by atoms with Crippen molar-refractivity contribution in [2.75, 3.05) is 19.7 Å². The van der Waals surface area contributed by atoms with Gasteiger partial charge in [-0.15, -0.1) is 0 Å². The Morgan fingerprint density at radius 2 is 1.94 bits per heavy atom. The van der Waals surface area contributed by atoms with Gasteiger partial charge >= 0.3 is 0 Å². The summed E-state index contributed by atoms with van der Waals surface area (Å²) in [5, 5.41) is 4.06. The van der Waals surface area contributed by atoms with Crippen molar-refractivity contribution in [3.8, 4) is 5.75 Å². The lowest BCUT2D eigenvalue weighted by Gasteiger charge is -2.08. The van der Waals surface area contributed by atoms with Gasteiger partial charge in [0, 0.05) is 0 Å². The number of hydrogen-bond acceptors (Lipinski definition) is 2. The number of unbranched alkanes of at least 4 members (excludes halogenated alkanes) is 1. The normalized spacial score (nSPS) is 10.4. The molecule has 0 aliphatic carbocycles. The van der Waals surface area contributed by atoms with Crippen LogP contribution in [0, 0.1) is 0 Å². The van der Waals surface area contributed by atoms with Crippen LogP contribution in [0.25, 0.3) is 0 Å². The fraction of sp³-hybridized carbons (Fsp3) is 0.538. The average Bonchev–Trinajstić information content (AvgIpc) is 2.30. The molecule has 0 aliphatic rings. The molecule has 0 unspecified atom stereocenters. The van der Waals surface area contributed by atoms with E-state index in [1.54, 1.807) is 0 Å². The van der Waals surface area contributed by atoms with Gasteiger partial charge in [-0.3, -0.25) is 0 Å². The summed E-state index contributed by atoms with van der Waals surface area (Å²) in [6.45, 7) is 5.01. The second-order valence-corrected chi connectivity index (χ2v) is 4.14. The van der Waals surface area contributed by atoms with E-state index in [-0.39, 0.29) is 0 Å². The maximum atomic E-state index is 5.96.